The number of nitrogens with one attached hydrogen (secondary N) is 1. The second kappa shape index (κ2) is 7.41. The van der Waals surface area contributed by atoms with Crippen LogP contribution in [0.3, 0.4) is 0 Å². The van der Waals surface area contributed by atoms with Gasteiger partial charge in [0.1, 0.15) is 0 Å². The van der Waals surface area contributed by atoms with E-state index in [1.54, 1.807) is 11.0 Å². The number of sulfonamides is 1. The molecular formula is C17H24N2O5S. The Balaban J connectivity index is 1.72. The van der Waals surface area contributed by atoms with E-state index in [2.05, 4.69) is 4.72 Å². The molecule has 1 aromatic carbocycles. The number of ether oxygens (including phenoxy) is 2. The van der Waals surface area contributed by atoms with Gasteiger partial charge in [-0.15, -0.1) is 0 Å². The van der Waals surface area contributed by atoms with Crippen LogP contribution in [0.2, 0.25) is 0 Å². The molecular weight excluding hydrogens is 344 g/mol. The number of benzene rings is 1. The summed E-state index contributed by atoms with van der Waals surface area (Å²) in [5.41, 5.74) is 1.20. The number of piperidine rings is 1. The molecule has 0 atom stereocenters. The summed E-state index contributed by atoms with van der Waals surface area (Å²) in [6.07, 6.45) is 1.50. The predicted octanol–water partition coefficient (Wildman–Crippen LogP) is 1.13. The highest BCUT2D eigenvalue weighted by Gasteiger charge is 2.32. The molecule has 0 bridgehead atoms. The van der Waals surface area contributed by atoms with E-state index in [0.29, 0.717) is 37.8 Å². The highest BCUT2D eigenvalue weighted by Crippen LogP contribution is 2.27. The van der Waals surface area contributed by atoms with Gasteiger partial charge in [0.05, 0.1) is 18.1 Å². The van der Waals surface area contributed by atoms with Crippen molar-refractivity contribution < 1.29 is 22.7 Å². The molecule has 2 aliphatic rings. The Morgan fingerprint density at radius 3 is 2.44 bits per heavy atom. The molecule has 0 aliphatic carbocycles. The summed E-state index contributed by atoms with van der Waals surface area (Å²) in [5, 5.41) is 0. The number of rotatable bonds is 4. The number of carbonyl (C=O) groups excluding carboxylic acids is 1. The first-order valence-corrected chi connectivity index (χ1v) is 9.97. The Hall–Kier alpha value is -1.48. The van der Waals surface area contributed by atoms with Crippen molar-refractivity contribution in [3.63, 3.8) is 0 Å². The third-order valence-electron chi connectivity index (χ3n) is 4.88. The largest absolute Gasteiger partial charge is 0.350 e. The molecule has 0 saturated carbocycles. The molecule has 2 fully saturated rings. The van der Waals surface area contributed by atoms with Gasteiger partial charge in [-0.2, -0.15) is 0 Å². The molecule has 138 valence electrons. The Morgan fingerprint density at radius 2 is 1.84 bits per heavy atom. The van der Waals surface area contributed by atoms with E-state index in [4.69, 9.17) is 9.47 Å². The van der Waals surface area contributed by atoms with Crippen molar-refractivity contribution in [1.29, 1.82) is 0 Å². The van der Waals surface area contributed by atoms with Crippen molar-refractivity contribution in [2.24, 2.45) is 5.92 Å². The van der Waals surface area contributed by atoms with Crippen LogP contribution in [-0.2, 0) is 19.5 Å². The van der Waals surface area contributed by atoms with Gasteiger partial charge in [-0.3, -0.25) is 4.79 Å². The van der Waals surface area contributed by atoms with E-state index in [1.807, 2.05) is 6.92 Å². The quantitative estimate of drug-likeness (QED) is 0.861. The Kier molecular flexibility index (Phi) is 5.43. The van der Waals surface area contributed by atoms with Crippen LogP contribution in [0, 0.1) is 12.8 Å². The van der Waals surface area contributed by atoms with Gasteiger partial charge in [0, 0.05) is 24.6 Å². The molecule has 1 N–H and O–H groups in total. The predicted molar refractivity (Wildman–Crippen MR) is 91.7 cm³/mol. The molecule has 3 rings (SSSR count). The van der Waals surface area contributed by atoms with E-state index >= 15 is 0 Å². The zero-order valence-corrected chi connectivity index (χ0v) is 15.3. The standard InChI is InChI=1S/C17H24N2O5S/c1-12-3-4-14(25(21,22)18-2)11-15(12)16(20)19-7-5-13(6-8-19)17-23-9-10-24-17/h3-4,11,13,17-18H,5-10H2,1-2H3. The number of nitrogens with zero attached hydrogens (tertiary/aromatic N) is 1. The molecule has 1 aromatic rings. The number of likely N-dealkylation sites (tertiary alicyclic amines) is 1. The summed E-state index contributed by atoms with van der Waals surface area (Å²) in [5.74, 6) is 0.181. The van der Waals surface area contributed by atoms with Gasteiger partial charge < -0.3 is 14.4 Å². The lowest BCUT2D eigenvalue weighted by Crippen LogP contribution is -2.41. The zero-order chi connectivity index (χ0) is 18.0. The van der Waals surface area contributed by atoms with Gasteiger partial charge in [-0.1, -0.05) is 6.07 Å². The average molecular weight is 368 g/mol. The summed E-state index contributed by atoms with van der Waals surface area (Å²) < 4.78 is 37.4. The molecule has 0 unspecified atom stereocenters. The van der Waals surface area contributed by atoms with Gasteiger partial charge in [0.25, 0.3) is 5.91 Å². The first kappa shape index (κ1) is 18.3. The Morgan fingerprint density at radius 1 is 1.20 bits per heavy atom. The minimum atomic E-state index is -3.58. The third kappa shape index (κ3) is 3.87. The van der Waals surface area contributed by atoms with E-state index in [-0.39, 0.29) is 17.1 Å². The highest BCUT2D eigenvalue weighted by molar-refractivity contribution is 7.89. The molecule has 25 heavy (non-hydrogen) atoms. The number of amides is 1. The Bertz CT molecular complexity index is 735. The van der Waals surface area contributed by atoms with Crippen molar-refractivity contribution >= 4 is 15.9 Å². The summed E-state index contributed by atoms with van der Waals surface area (Å²) in [6, 6.07) is 4.64. The van der Waals surface area contributed by atoms with Crippen LogP contribution in [0.15, 0.2) is 23.1 Å². The van der Waals surface area contributed by atoms with Gasteiger partial charge in [-0.25, -0.2) is 13.1 Å². The second-order valence-electron chi connectivity index (χ2n) is 6.42. The van der Waals surface area contributed by atoms with E-state index < -0.39 is 10.0 Å². The molecule has 7 nitrogen and oxygen atoms in total. The Labute approximate surface area is 148 Å². The van der Waals surface area contributed by atoms with Crippen LogP contribution in [0.4, 0.5) is 0 Å². The van der Waals surface area contributed by atoms with Crippen molar-refractivity contribution in [2.75, 3.05) is 33.4 Å². The third-order valence-corrected chi connectivity index (χ3v) is 6.29. The topological polar surface area (TPSA) is 84.9 Å². The molecule has 0 radical (unpaired) electrons. The second-order valence-corrected chi connectivity index (χ2v) is 8.31. The number of hydrogen-bond acceptors (Lipinski definition) is 5. The van der Waals surface area contributed by atoms with Crippen LogP contribution in [0.5, 0.6) is 0 Å². The normalized spacial score (nSPS) is 20.2. The summed E-state index contributed by atoms with van der Waals surface area (Å²) >= 11 is 0. The van der Waals surface area contributed by atoms with Crippen LogP contribution < -0.4 is 4.72 Å². The van der Waals surface area contributed by atoms with Gasteiger partial charge in [0.2, 0.25) is 10.0 Å². The van der Waals surface area contributed by atoms with E-state index in [1.165, 1.54) is 19.2 Å². The van der Waals surface area contributed by atoms with Crippen molar-refractivity contribution in [3.8, 4) is 0 Å². The molecule has 2 aliphatic heterocycles. The minimum Gasteiger partial charge on any atom is -0.350 e. The fourth-order valence-corrected chi connectivity index (χ4v) is 4.07. The summed E-state index contributed by atoms with van der Waals surface area (Å²) in [4.78, 5) is 14.7. The van der Waals surface area contributed by atoms with Crippen LogP contribution >= 0.6 is 0 Å². The zero-order valence-electron chi connectivity index (χ0n) is 14.5. The molecule has 1 amide bonds. The number of hydrogen-bond donors (Lipinski definition) is 1. The minimum absolute atomic E-state index is 0.103. The fourth-order valence-electron chi connectivity index (χ4n) is 3.31. The van der Waals surface area contributed by atoms with Crippen molar-refractivity contribution in [3.05, 3.63) is 29.3 Å². The van der Waals surface area contributed by atoms with Crippen LogP contribution in [0.25, 0.3) is 0 Å². The molecule has 0 spiro atoms. The molecule has 0 aromatic heterocycles. The van der Waals surface area contributed by atoms with Crippen molar-refractivity contribution in [1.82, 2.24) is 9.62 Å². The highest BCUT2D eigenvalue weighted by atomic mass is 32.2. The maximum absolute atomic E-state index is 12.9. The fraction of sp³-hybridized carbons (Fsp3) is 0.588. The maximum atomic E-state index is 12.9. The lowest BCUT2D eigenvalue weighted by Gasteiger charge is -2.34. The van der Waals surface area contributed by atoms with E-state index in [9.17, 15) is 13.2 Å². The maximum Gasteiger partial charge on any atom is 0.254 e. The first-order valence-electron chi connectivity index (χ1n) is 8.49. The monoisotopic (exact) mass is 368 g/mol. The van der Waals surface area contributed by atoms with Crippen molar-refractivity contribution in [2.45, 2.75) is 31.0 Å². The molecule has 2 saturated heterocycles. The average Bonchev–Trinajstić information content (AvgIpc) is 3.16. The molecule has 2 heterocycles. The molecule has 8 heteroatoms. The van der Waals surface area contributed by atoms with E-state index in [0.717, 1.165) is 18.4 Å². The lowest BCUT2D eigenvalue weighted by molar-refractivity contribution is -0.0956. The van der Waals surface area contributed by atoms with Crippen LogP contribution in [-0.4, -0.2) is 58.9 Å². The smallest absolute Gasteiger partial charge is 0.254 e. The SMILES string of the molecule is CNS(=O)(=O)c1ccc(C)c(C(=O)N2CCC(C3OCCO3)CC2)c1. The van der Waals surface area contributed by atoms with Gasteiger partial charge >= 0.3 is 0 Å². The number of carbonyl (C=O) groups is 1. The summed E-state index contributed by atoms with van der Waals surface area (Å²) in [7, 11) is -2.22. The summed E-state index contributed by atoms with van der Waals surface area (Å²) in [6.45, 7) is 4.33. The van der Waals surface area contributed by atoms with Crippen LogP contribution in [0.1, 0.15) is 28.8 Å². The van der Waals surface area contributed by atoms with Gasteiger partial charge in [-0.05, 0) is 44.5 Å². The number of aryl methyl sites for hydroxylation is 1. The van der Waals surface area contributed by atoms with Gasteiger partial charge in [0.15, 0.2) is 6.29 Å². The first-order chi connectivity index (χ1) is 11.9. The lowest BCUT2D eigenvalue weighted by atomic mass is 9.95.